The van der Waals surface area contributed by atoms with Crippen LogP contribution < -0.4 is 14.2 Å². The molecular weight excluding hydrogens is 524 g/mol. The van der Waals surface area contributed by atoms with Gasteiger partial charge in [-0.05, 0) is 44.9 Å². The van der Waals surface area contributed by atoms with Crippen LogP contribution in [-0.4, -0.2) is 69.5 Å². The van der Waals surface area contributed by atoms with Gasteiger partial charge in [-0.1, -0.05) is 6.07 Å². The molecular formula is C25H30N8O5S. The van der Waals surface area contributed by atoms with Gasteiger partial charge in [0.25, 0.3) is 0 Å². The normalized spacial score (nSPS) is 14.6. The Hall–Kier alpha value is -4.04. The van der Waals surface area contributed by atoms with E-state index >= 15 is 0 Å². The summed E-state index contributed by atoms with van der Waals surface area (Å²) in [5, 5.41) is 12.2. The smallest absolute Gasteiger partial charge is 0.243 e. The van der Waals surface area contributed by atoms with Crippen LogP contribution in [0, 0.1) is 6.92 Å². The number of nitrogens with zero attached hydrogens (tertiary/aromatic N) is 7. The van der Waals surface area contributed by atoms with Gasteiger partial charge in [0, 0.05) is 25.5 Å². The van der Waals surface area contributed by atoms with Gasteiger partial charge in [-0.2, -0.15) is 5.10 Å². The highest BCUT2D eigenvalue weighted by Gasteiger charge is 2.35. The molecule has 1 aromatic carbocycles. The van der Waals surface area contributed by atoms with Gasteiger partial charge < -0.3 is 14.2 Å². The first-order valence-corrected chi connectivity index (χ1v) is 13.9. The minimum atomic E-state index is -4.09. The zero-order chi connectivity index (χ0) is 27.7. The minimum absolute atomic E-state index is 0.0577. The van der Waals surface area contributed by atoms with Crippen molar-refractivity contribution in [2.24, 2.45) is 0 Å². The minimum Gasteiger partial charge on any atom is -0.494 e. The Morgan fingerprint density at radius 1 is 1.05 bits per heavy atom. The number of hydrogen-bond acceptors (Lipinski definition) is 10. The lowest BCUT2D eigenvalue weighted by molar-refractivity contribution is 0.0985. The van der Waals surface area contributed by atoms with E-state index in [-0.39, 0.29) is 5.95 Å². The van der Waals surface area contributed by atoms with Crippen LogP contribution in [0.2, 0.25) is 0 Å². The number of anilines is 1. The van der Waals surface area contributed by atoms with Gasteiger partial charge >= 0.3 is 0 Å². The molecule has 13 nitrogen and oxygen atoms in total. The average molecular weight is 555 g/mol. The predicted molar refractivity (Wildman–Crippen MR) is 143 cm³/mol. The Balaban J connectivity index is 1.61. The highest BCUT2D eigenvalue weighted by molar-refractivity contribution is 7.93. The number of benzene rings is 1. The SMILES string of the molecule is COc1cccc(OC)c1-n1c(NS(=O)(=O)C(C)C(OC)c2cnc(C)cn2)nnc1-c1cc2n(n1)CCC2. The van der Waals surface area contributed by atoms with Crippen molar-refractivity contribution in [1.29, 1.82) is 0 Å². The number of hydrogen-bond donors (Lipinski definition) is 1. The highest BCUT2D eigenvalue weighted by atomic mass is 32.2. The maximum absolute atomic E-state index is 13.7. The molecule has 2 unspecified atom stereocenters. The van der Waals surface area contributed by atoms with E-state index in [1.807, 2.05) is 10.7 Å². The van der Waals surface area contributed by atoms with Gasteiger partial charge in [0.1, 0.15) is 34.2 Å². The molecule has 1 N–H and O–H groups in total. The first-order chi connectivity index (χ1) is 18.8. The summed E-state index contributed by atoms with van der Waals surface area (Å²) in [6.07, 6.45) is 4.10. The van der Waals surface area contributed by atoms with Crippen LogP contribution in [0.1, 0.15) is 36.5 Å². The third kappa shape index (κ3) is 4.92. The van der Waals surface area contributed by atoms with Crippen molar-refractivity contribution >= 4 is 16.0 Å². The largest absolute Gasteiger partial charge is 0.494 e. The number of para-hydroxylation sites is 1. The van der Waals surface area contributed by atoms with Crippen LogP contribution >= 0.6 is 0 Å². The predicted octanol–water partition coefficient (Wildman–Crippen LogP) is 2.71. The second-order valence-corrected chi connectivity index (χ2v) is 11.2. The molecule has 1 aliphatic rings. The topological polar surface area (TPSA) is 148 Å². The van der Waals surface area contributed by atoms with Crippen LogP contribution in [-0.2, 0) is 27.7 Å². The summed E-state index contributed by atoms with van der Waals surface area (Å²) in [4.78, 5) is 8.54. The number of nitrogens with one attached hydrogen (secondary N) is 1. The maximum atomic E-state index is 13.7. The lowest BCUT2D eigenvalue weighted by atomic mass is 10.2. The second-order valence-electron chi connectivity index (χ2n) is 9.13. The van der Waals surface area contributed by atoms with Crippen LogP contribution in [0.15, 0.2) is 36.7 Å². The average Bonchev–Trinajstić information content (AvgIpc) is 3.64. The number of ether oxygens (including phenoxy) is 3. The lowest BCUT2D eigenvalue weighted by Gasteiger charge is -2.23. The molecule has 4 aromatic rings. The molecule has 0 aliphatic carbocycles. The van der Waals surface area contributed by atoms with Crippen molar-refractivity contribution in [3.63, 3.8) is 0 Å². The van der Waals surface area contributed by atoms with E-state index in [0.717, 1.165) is 25.1 Å². The zero-order valence-electron chi connectivity index (χ0n) is 22.3. The maximum Gasteiger partial charge on any atom is 0.243 e. The van der Waals surface area contributed by atoms with E-state index in [1.165, 1.54) is 34.4 Å². The van der Waals surface area contributed by atoms with E-state index in [2.05, 4.69) is 24.9 Å². The molecule has 2 atom stereocenters. The molecule has 4 heterocycles. The lowest BCUT2D eigenvalue weighted by Crippen LogP contribution is -2.33. The van der Waals surface area contributed by atoms with Gasteiger partial charge in [-0.3, -0.25) is 23.9 Å². The van der Waals surface area contributed by atoms with Crippen molar-refractivity contribution in [1.82, 2.24) is 34.5 Å². The summed E-state index contributed by atoms with van der Waals surface area (Å²) in [5.41, 5.74) is 3.15. The zero-order valence-corrected chi connectivity index (χ0v) is 23.1. The van der Waals surface area contributed by atoms with Gasteiger partial charge in [0.15, 0.2) is 5.82 Å². The fourth-order valence-corrected chi connectivity index (χ4v) is 5.78. The van der Waals surface area contributed by atoms with Gasteiger partial charge in [0.05, 0.1) is 31.8 Å². The molecule has 0 fully saturated rings. The van der Waals surface area contributed by atoms with E-state index < -0.39 is 21.4 Å². The van der Waals surface area contributed by atoms with E-state index in [4.69, 9.17) is 19.3 Å². The summed E-state index contributed by atoms with van der Waals surface area (Å²) >= 11 is 0. The first kappa shape index (κ1) is 26.6. The van der Waals surface area contributed by atoms with Crippen LogP contribution in [0.5, 0.6) is 11.5 Å². The standard InChI is InChI=1S/C25H30N8O5S/c1-15-13-27-19(14-26-15)23(38-5)16(2)39(34,35)31-25-29-28-24(18-12-17-8-7-11-32(17)30-18)33(25)22-20(36-3)9-6-10-21(22)37-4/h6,9-10,12-14,16,23H,7-8,11H2,1-5H3,(H,29,31). The molecule has 0 radical (unpaired) electrons. The van der Waals surface area contributed by atoms with Crippen LogP contribution in [0.4, 0.5) is 5.95 Å². The molecule has 39 heavy (non-hydrogen) atoms. The van der Waals surface area contributed by atoms with Crippen molar-refractivity contribution in [2.75, 3.05) is 26.1 Å². The molecule has 0 saturated carbocycles. The number of aryl methyl sites for hydroxylation is 3. The van der Waals surface area contributed by atoms with Crippen molar-refractivity contribution in [3.05, 3.63) is 53.7 Å². The molecule has 1 aliphatic heterocycles. The van der Waals surface area contributed by atoms with Crippen LogP contribution in [0.3, 0.4) is 0 Å². The van der Waals surface area contributed by atoms with Crippen molar-refractivity contribution in [3.8, 4) is 28.7 Å². The van der Waals surface area contributed by atoms with E-state index in [9.17, 15) is 8.42 Å². The number of sulfonamides is 1. The number of rotatable bonds is 10. The first-order valence-electron chi connectivity index (χ1n) is 12.3. The van der Waals surface area contributed by atoms with Crippen LogP contribution in [0.25, 0.3) is 17.2 Å². The number of aromatic nitrogens is 7. The highest BCUT2D eigenvalue weighted by Crippen LogP contribution is 2.38. The molecule has 206 valence electrons. The second kappa shape index (κ2) is 10.6. The number of methoxy groups -OCH3 is 3. The molecule has 5 rings (SSSR count). The Labute approximate surface area is 226 Å². The monoisotopic (exact) mass is 554 g/mol. The van der Waals surface area contributed by atoms with Gasteiger partial charge in [-0.25, -0.2) is 8.42 Å². The van der Waals surface area contributed by atoms with Crippen molar-refractivity contribution < 1.29 is 22.6 Å². The summed E-state index contributed by atoms with van der Waals surface area (Å²) in [5.74, 6) is 1.14. The van der Waals surface area contributed by atoms with E-state index in [1.54, 1.807) is 35.9 Å². The summed E-state index contributed by atoms with van der Waals surface area (Å²) < 4.78 is 50.3. The van der Waals surface area contributed by atoms with E-state index in [0.29, 0.717) is 40.1 Å². The molecule has 0 spiro atoms. The van der Waals surface area contributed by atoms with Gasteiger partial charge in [-0.15, -0.1) is 10.2 Å². The summed E-state index contributed by atoms with van der Waals surface area (Å²) in [7, 11) is 0.374. The Bertz CT molecular complexity index is 1540. The third-order valence-electron chi connectivity index (χ3n) is 6.68. The Kier molecular flexibility index (Phi) is 7.23. The van der Waals surface area contributed by atoms with Gasteiger partial charge in [0.2, 0.25) is 16.0 Å². The molecule has 0 saturated heterocycles. The fraction of sp³-hybridized carbons (Fsp3) is 0.400. The van der Waals surface area contributed by atoms with Crippen molar-refractivity contribution in [2.45, 2.75) is 44.6 Å². The summed E-state index contributed by atoms with van der Waals surface area (Å²) in [6.45, 7) is 4.13. The Morgan fingerprint density at radius 2 is 1.79 bits per heavy atom. The third-order valence-corrected chi connectivity index (χ3v) is 8.37. The molecule has 3 aromatic heterocycles. The fourth-order valence-electron chi connectivity index (χ4n) is 4.63. The Morgan fingerprint density at radius 3 is 2.41 bits per heavy atom. The molecule has 0 bridgehead atoms. The quantitative estimate of drug-likeness (QED) is 0.310. The molecule has 14 heteroatoms. The number of fused-ring (bicyclic) bond motifs is 1. The molecule has 0 amide bonds. The summed E-state index contributed by atoms with van der Waals surface area (Å²) in [6, 6.07) is 7.20.